The van der Waals surface area contributed by atoms with Crippen molar-refractivity contribution in [1.82, 2.24) is 0 Å². The second-order valence-electron chi connectivity index (χ2n) is 7.13. The van der Waals surface area contributed by atoms with Gasteiger partial charge in [-0.15, -0.1) is 33.2 Å². The van der Waals surface area contributed by atoms with Crippen LogP contribution in [0.2, 0.25) is 0 Å². The molecule has 0 bridgehead atoms. The highest BCUT2D eigenvalue weighted by Gasteiger charge is 2.31. The Labute approximate surface area is 161 Å². The van der Waals surface area contributed by atoms with E-state index in [2.05, 4.69) is 36.9 Å². The average Bonchev–Trinajstić information content (AvgIpc) is 2.45. The Bertz CT molecular complexity index is 212. The zero-order valence-electron chi connectivity index (χ0n) is 16.0. The molecular weight excluding hydrogens is 398 g/mol. The Morgan fingerprint density at radius 3 is 1.59 bits per heavy atom. The van der Waals surface area contributed by atoms with Crippen molar-refractivity contribution in [2.45, 2.75) is 123 Å². The van der Waals surface area contributed by atoms with Crippen LogP contribution in [0.1, 0.15) is 118 Å². The Hall–Kier alpha value is 1.16. The fourth-order valence-corrected chi connectivity index (χ4v) is 4.79. The second-order valence-corrected chi connectivity index (χ2v) is 8.28. The first-order valence-corrected chi connectivity index (χ1v) is 10.5. The highest BCUT2D eigenvalue weighted by atomic mass is 127. The summed E-state index contributed by atoms with van der Waals surface area (Å²) in [6.07, 6.45) is 19.8. The molecular formula is C20H44IP. The molecule has 0 saturated carbocycles. The molecule has 2 unspecified atom stereocenters. The minimum atomic E-state index is 0. The zero-order chi connectivity index (χ0) is 16.0. The fourth-order valence-electron chi connectivity index (χ4n) is 3.88. The summed E-state index contributed by atoms with van der Waals surface area (Å²) in [6.45, 7) is 9.37. The molecule has 0 N–H and O–H groups in total. The summed E-state index contributed by atoms with van der Waals surface area (Å²) in [7, 11) is 3.29. The molecule has 0 aliphatic carbocycles. The molecule has 22 heavy (non-hydrogen) atoms. The number of hydrogen-bond acceptors (Lipinski definition) is 0. The van der Waals surface area contributed by atoms with E-state index >= 15 is 0 Å². The molecule has 0 aromatic rings. The maximum atomic E-state index is 3.29. The van der Waals surface area contributed by atoms with Crippen molar-refractivity contribution < 1.29 is 0 Å². The van der Waals surface area contributed by atoms with Gasteiger partial charge in [0.15, 0.2) is 0 Å². The average molecular weight is 442 g/mol. The minimum Gasteiger partial charge on any atom is -0.131 e. The Morgan fingerprint density at radius 1 is 0.636 bits per heavy atom. The third-order valence-electron chi connectivity index (χ3n) is 5.04. The van der Waals surface area contributed by atoms with Crippen molar-refractivity contribution in [3.05, 3.63) is 0 Å². The van der Waals surface area contributed by atoms with E-state index in [1.807, 2.05) is 0 Å². The molecule has 2 heteroatoms. The summed E-state index contributed by atoms with van der Waals surface area (Å²) in [4.78, 5) is 0. The van der Waals surface area contributed by atoms with Gasteiger partial charge in [0.2, 0.25) is 0 Å². The summed E-state index contributed by atoms with van der Waals surface area (Å²) in [5, 5.41) is 0.529. The van der Waals surface area contributed by atoms with Gasteiger partial charge < -0.3 is 0 Å². The number of halogens is 1. The van der Waals surface area contributed by atoms with Gasteiger partial charge in [0, 0.05) is 0 Å². The Morgan fingerprint density at radius 2 is 1.14 bits per heavy atom. The van der Waals surface area contributed by atoms with E-state index in [1.54, 1.807) is 0 Å². The van der Waals surface area contributed by atoms with Crippen molar-refractivity contribution in [2.75, 3.05) is 0 Å². The molecule has 136 valence electrons. The quantitative estimate of drug-likeness (QED) is 0.136. The predicted octanol–water partition coefficient (Wildman–Crippen LogP) is 8.38. The fraction of sp³-hybridized carbons (Fsp3) is 1.00. The highest BCUT2D eigenvalue weighted by Crippen LogP contribution is 2.42. The van der Waals surface area contributed by atoms with Crippen molar-refractivity contribution in [2.24, 2.45) is 5.92 Å². The van der Waals surface area contributed by atoms with Crippen molar-refractivity contribution in [3.63, 3.8) is 0 Å². The smallest absolute Gasteiger partial charge is 0.0122 e. The first-order chi connectivity index (χ1) is 10.1. The summed E-state index contributed by atoms with van der Waals surface area (Å²) < 4.78 is 0. The lowest BCUT2D eigenvalue weighted by Gasteiger charge is -2.38. The summed E-state index contributed by atoms with van der Waals surface area (Å²) >= 11 is 0. The third kappa shape index (κ3) is 11.7. The molecule has 2 atom stereocenters. The van der Waals surface area contributed by atoms with Crippen LogP contribution in [-0.4, -0.2) is 5.16 Å². The normalized spacial score (nSPS) is 13.0. The van der Waals surface area contributed by atoms with Gasteiger partial charge in [-0.3, -0.25) is 0 Å². The lowest BCUT2D eigenvalue weighted by Crippen LogP contribution is -2.31. The molecule has 0 heterocycles. The van der Waals surface area contributed by atoms with Crippen molar-refractivity contribution in [3.8, 4) is 0 Å². The van der Waals surface area contributed by atoms with Gasteiger partial charge in [-0.25, -0.2) is 0 Å². The molecule has 0 rings (SSSR count). The molecule has 0 fully saturated rings. The van der Waals surface area contributed by atoms with Crippen LogP contribution in [0, 0.1) is 5.92 Å². The number of rotatable bonds is 15. The second kappa shape index (κ2) is 17.0. The van der Waals surface area contributed by atoms with Gasteiger partial charge in [0.25, 0.3) is 0 Å². The first-order valence-electron chi connectivity index (χ1n) is 9.93. The van der Waals surface area contributed by atoms with Crippen molar-refractivity contribution in [1.29, 1.82) is 0 Å². The maximum absolute atomic E-state index is 3.29. The molecule has 0 aliphatic heterocycles. The SMILES string of the molecule is CCCCCCCCCC(CCC)C(P)(CCC)CCC.I. The molecule has 0 aliphatic rings. The summed E-state index contributed by atoms with van der Waals surface area (Å²) in [5.41, 5.74) is 0. The van der Waals surface area contributed by atoms with Crippen LogP contribution in [0.4, 0.5) is 0 Å². The number of unbranched alkanes of at least 4 members (excludes halogenated alkanes) is 6. The molecule has 0 saturated heterocycles. The van der Waals surface area contributed by atoms with Crippen LogP contribution in [0.25, 0.3) is 0 Å². The Balaban J connectivity index is 0. The van der Waals surface area contributed by atoms with E-state index in [4.69, 9.17) is 0 Å². The van der Waals surface area contributed by atoms with Crippen LogP contribution < -0.4 is 0 Å². The van der Waals surface area contributed by atoms with Crippen molar-refractivity contribution >= 4 is 33.2 Å². The van der Waals surface area contributed by atoms with E-state index in [0.717, 1.165) is 5.92 Å². The maximum Gasteiger partial charge on any atom is -0.0122 e. The lowest BCUT2D eigenvalue weighted by atomic mass is 9.78. The van der Waals surface area contributed by atoms with Gasteiger partial charge in [0.05, 0.1) is 0 Å². The lowest BCUT2D eigenvalue weighted by molar-refractivity contribution is 0.284. The van der Waals surface area contributed by atoms with E-state index in [9.17, 15) is 0 Å². The van der Waals surface area contributed by atoms with Crippen LogP contribution in [0.15, 0.2) is 0 Å². The molecule has 0 nitrogen and oxygen atoms in total. The molecule has 0 aromatic heterocycles. The third-order valence-corrected chi connectivity index (χ3v) is 6.09. The van der Waals surface area contributed by atoms with Crippen LogP contribution in [0.3, 0.4) is 0 Å². The molecule has 0 amide bonds. The highest BCUT2D eigenvalue weighted by molar-refractivity contribution is 14.0. The van der Waals surface area contributed by atoms with E-state index in [1.165, 1.54) is 89.9 Å². The van der Waals surface area contributed by atoms with E-state index < -0.39 is 0 Å². The van der Waals surface area contributed by atoms with Gasteiger partial charge in [0.1, 0.15) is 0 Å². The van der Waals surface area contributed by atoms with Crippen LogP contribution >= 0.6 is 33.2 Å². The molecule has 0 aromatic carbocycles. The van der Waals surface area contributed by atoms with E-state index in [-0.39, 0.29) is 24.0 Å². The largest absolute Gasteiger partial charge is 0.131 e. The number of hydrogen-bond donors (Lipinski definition) is 0. The zero-order valence-corrected chi connectivity index (χ0v) is 19.4. The van der Waals surface area contributed by atoms with Crippen LogP contribution in [0.5, 0.6) is 0 Å². The molecule has 0 spiro atoms. The topological polar surface area (TPSA) is 0 Å². The van der Waals surface area contributed by atoms with Crippen LogP contribution in [-0.2, 0) is 0 Å². The Kier molecular flexibility index (Phi) is 19.6. The van der Waals surface area contributed by atoms with Gasteiger partial charge in [-0.05, 0) is 36.8 Å². The first kappa shape index (κ1) is 25.4. The van der Waals surface area contributed by atoms with E-state index in [0.29, 0.717) is 5.16 Å². The monoisotopic (exact) mass is 442 g/mol. The molecule has 0 radical (unpaired) electrons. The van der Waals surface area contributed by atoms with Gasteiger partial charge in [-0.1, -0.05) is 91.9 Å². The standard InChI is InChI=1S/C20H43P.HI/c1-5-9-10-11-12-13-14-16-19(15-6-2)20(21,17-7-3)18-8-4;/h19H,5-18,21H2,1-4H3;1H. The minimum absolute atomic E-state index is 0. The van der Waals surface area contributed by atoms with Gasteiger partial charge in [-0.2, -0.15) is 0 Å². The van der Waals surface area contributed by atoms with Gasteiger partial charge >= 0.3 is 0 Å². The summed E-state index contributed by atoms with van der Waals surface area (Å²) in [5.74, 6) is 0.933. The summed E-state index contributed by atoms with van der Waals surface area (Å²) in [6, 6.07) is 0. The predicted molar refractivity (Wildman–Crippen MR) is 119 cm³/mol.